The Bertz CT molecular complexity index is 953. The van der Waals surface area contributed by atoms with Crippen LogP contribution in [0.5, 0.6) is 0 Å². The number of nitrogens with one attached hydrogen (secondary N) is 1. The fraction of sp³-hybridized carbons (Fsp3) is 0.227. The summed E-state index contributed by atoms with van der Waals surface area (Å²) in [6, 6.07) is 20.0. The predicted molar refractivity (Wildman–Crippen MR) is 107 cm³/mol. The first-order chi connectivity index (χ1) is 13.7. The Morgan fingerprint density at radius 2 is 1.79 bits per heavy atom. The topological polar surface area (TPSA) is 67.2 Å². The Morgan fingerprint density at radius 1 is 1.07 bits per heavy atom. The molecule has 0 spiro atoms. The van der Waals surface area contributed by atoms with E-state index in [1.807, 2.05) is 60.7 Å². The Hall–Kier alpha value is -3.41. The molecule has 4 rings (SSSR count). The van der Waals surface area contributed by atoms with Crippen LogP contribution in [0.15, 0.2) is 73.1 Å². The van der Waals surface area contributed by atoms with Gasteiger partial charge in [-0.3, -0.25) is 14.3 Å². The number of benzene rings is 2. The molecular formula is C22H22N4O2. The zero-order valence-corrected chi connectivity index (χ0v) is 15.5. The summed E-state index contributed by atoms with van der Waals surface area (Å²) in [5, 5.41) is 7.12. The molecule has 0 radical (unpaired) electrons. The lowest BCUT2D eigenvalue weighted by Gasteiger charge is -2.16. The molecule has 0 aliphatic carbocycles. The monoisotopic (exact) mass is 374 g/mol. The first-order valence-corrected chi connectivity index (χ1v) is 9.36. The van der Waals surface area contributed by atoms with E-state index in [-0.39, 0.29) is 24.3 Å². The lowest BCUT2D eigenvalue weighted by Crippen LogP contribution is -2.34. The maximum Gasteiger partial charge on any atom is 0.244 e. The van der Waals surface area contributed by atoms with Crippen molar-refractivity contribution in [1.82, 2.24) is 14.7 Å². The van der Waals surface area contributed by atoms with Crippen LogP contribution in [0.3, 0.4) is 0 Å². The quantitative estimate of drug-likeness (QED) is 0.721. The smallest absolute Gasteiger partial charge is 0.244 e. The van der Waals surface area contributed by atoms with Crippen LogP contribution < -0.4 is 5.32 Å². The average molecular weight is 374 g/mol. The van der Waals surface area contributed by atoms with Gasteiger partial charge in [-0.15, -0.1) is 0 Å². The molecule has 1 N–H and O–H groups in total. The highest BCUT2D eigenvalue weighted by Gasteiger charge is 2.31. The summed E-state index contributed by atoms with van der Waals surface area (Å²) in [6.07, 6.45) is 3.87. The summed E-state index contributed by atoms with van der Waals surface area (Å²) in [6.45, 7) is 1.27. The van der Waals surface area contributed by atoms with Crippen LogP contribution in [-0.2, 0) is 16.1 Å². The second-order valence-corrected chi connectivity index (χ2v) is 7.05. The minimum atomic E-state index is -0.207. The number of rotatable bonds is 6. The summed E-state index contributed by atoms with van der Waals surface area (Å²) >= 11 is 0. The van der Waals surface area contributed by atoms with Crippen molar-refractivity contribution in [2.24, 2.45) is 0 Å². The zero-order valence-electron chi connectivity index (χ0n) is 15.5. The molecule has 2 aromatic carbocycles. The van der Waals surface area contributed by atoms with Crippen molar-refractivity contribution in [3.05, 3.63) is 84.2 Å². The van der Waals surface area contributed by atoms with E-state index in [0.717, 1.165) is 11.1 Å². The van der Waals surface area contributed by atoms with Crippen LogP contribution in [0.2, 0.25) is 0 Å². The molecule has 1 atom stereocenters. The number of carbonyl (C=O) groups is 2. The number of amides is 2. The second-order valence-electron chi connectivity index (χ2n) is 7.05. The highest BCUT2D eigenvalue weighted by atomic mass is 16.2. The lowest BCUT2D eigenvalue weighted by molar-refractivity contribution is -0.131. The van der Waals surface area contributed by atoms with E-state index in [2.05, 4.69) is 10.4 Å². The third kappa shape index (κ3) is 4.28. The number of likely N-dealkylation sites (tertiary alicyclic amines) is 1. The molecule has 2 heterocycles. The summed E-state index contributed by atoms with van der Waals surface area (Å²) in [5.74, 6) is -0.0415. The SMILES string of the molecule is O=C(CN1CC(c2ccccc2)CC1=O)Nc1cnn(Cc2ccccc2)c1. The van der Waals surface area contributed by atoms with Gasteiger partial charge in [0.15, 0.2) is 0 Å². The van der Waals surface area contributed by atoms with Gasteiger partial charge in [-0.05, 0) is 11.1 Å². The molecule has 1 aromatic heterocycles. The molecule has 28 heavy (non-hydrogen) atoms. The van der Waals surface area contributed by atoms with E-state index in [1.54, 1.807) is 22.0 Å². The summed E-state index contributed by atoms with van der Waals surface area (Å²) in [5.41, 5.74) is 2.91. The first-order valence-electron chi connectivity index (χ1n) is 9.36. The first kappa shape index (κ1) is 18.0. The van der Waals surface area contributed by atoms with Crippen molar-refractivity contribution >= 4 is 17.5 Å². The summed E-state index contributed by atoms with van der Waals surface area (Å²) < 4.78 is 1.78. The Labute approximate surface area is 163 Å². The van der Waals surface area contributed by atoms with Gasteiger partial charge in [-0.2, -0.15) is 5.10 Å². The Balaban J connectivity index is 1.32. The maximum absolute atomic E-state index is 12.4. The Kier molecular flexibility index (Phi) is 5.19. The van der Waals surface area contributed by atoms with Gasteiger partial charge in [-0.1, -0.05) is 60.7 Å². The van der Waals surface area contributed by atoms with E-state index in [9.17, 15) is 9.59 Å². The number of nitrogens with zero attached hydrogens (tertiary/aromatic N) is 3. The van der Waals surface area contributed by atoms with Crippen LogP contribution in [0.1, 0.15) is 23.5 Å². The minimum absolute atomic E-state index is 0.0174. The molecular weight excluding hydrogens is 352 g/mol. The van der Waals surface area contributed by atoms with Crippen LogP contribution >= 0.6 is 0 Å². The molecule has 1 aliphatic heterocycles. The van der Waals surface area contributed by atoms with E-state index in [0.29, 0.717) is 25.2 Å². The number of hydrogen-bond acceptors (Lipinski definition) is 3. The largest absolute Gasteiger partial charge is 0.333 e. The lowest BCUT2D eigenvalue weighted by atomic mass is 9.99. The molecule has 3 aromatic rings. The standard InChI is InChI=1S/C22H22N4O2/c27-21(16-25-14-19(11-22(25)28)18-9-5-2-6-10-18)24-20-12-23-26(15-20)13-17-7-3-1-4-8-17/h1-10,12,15,19H,11,13-14,16H2,(H,24,27). The molecule has 6 nitrogen and oxygen atoms in total. The van der Waals surface area contributed by atoms with Crippen LogP contribution in [-0.4, -0.2) is 39.6 Å². The normalized spacial score (nSPS) is 16.4. The third-order valence-corrected chi connectivity index (χ3v) is 4.92. The fourth-order valence-electron chi connectivity index (χ4n) is 3.53. The van der Waals surface area contributed by atoms with Crippen LogP contribution in [0, 0.1) is 0 Å². The van der Waals surface area contributed by atoms with E-state index >= 15 is 0 Å². The molecule has 2 amide bonds. The van der Waals surface area contributed by atoms with Crippen molar-refractivity contribution in [3.63, 3.8) is 0 Å². The summed E-state index contributed by atoms with van der Waals surface area (Å²) in [4.78, 5) is 26.3. The predicted octanol–water partition coefficient (Wildman–Crippen LogP) is 2.89. The highest BCUT2D eigenvalue weighted by Crippen LogP contribution is 2.27. The van der Waals surface area contributed by atoms with E-state index in [1.165, 1.54) is 0 Å². The molecule has 1 aliphatic rings. The molecule has 142 valence electrons. The van der Waals surface area contributed by atoms with Gasteiger partial charge in [-0.25, -0.2) is 0 Å². The van der Waals surface area contributed by atoms with Gasteiger partial charge >= 0.3 is 0 Å². The van der Waals surface area contributed by atoms with Gasteiger partial charge in [0.2, 0.25) is 11.8 Å². The van der Waals surface area contributed by atoms with Crippen LogP contribution in [0.25, 0.3) is 0 Å². The molecule has 1 unspecified atom stereocenters. The minimum Gasteiger partial charge on any atom is -0.333 e. The van der Waals surface area contributed by atoms with Crippen molar-refractivity contribution in [2.45, 2.75) is 18.9 Å². The molecule has 6 heteroatoms. The zero-order chi connectivity index (χ0) is 19.3. The van der Waals surface area contributed by atoms with Gasteiger partial charge in [0.05, 0.1) is 25.0 Å². The third-order valence-electron chi connectivity index (χ3n) is 4.92. The average Bonchev–Trinajstić information content (AvgIpc) is 3.30. The number of hydrogen-bond donors (Lipinski definition) is 1. The summed E-state index contributed by atoms with van der Waals surface area (Å²) in [7, 11) is 0. The van der Waals surface area contributed by atoms with Crippen molar-refractivity contribution in [3.8, 4) is 0 Å². The molecule has 0 saturated carbocycles. The molecule has 1 saturated heterocycles. The fourth-order valence-corrected chi connectivity index (χ4v) is 3.53. The van der Waals surface area contributed by atoms with Gasteiger partial charge in [0.1, 0.15) is 0 Å². The number of carbonyl (C=O) groups excluding carboxylic acids is 2. The second kappa shape index (κ2) is 8.08. The molecule has 0 bridgehead atoms. The number of anilines is 1. The van der Waals surface area contributed by atoms with Gasteiger partial charge < -0.3 is 10.2 Å². The van der Waals surface area contributed by atoms with Crippen molar-refractivity contribution in [1.29, 1.82) is 0 Å². The number of aromatic nitrogens is 2. The molecule has 1 fully saturated rings. The van der Waals surface area contributed by atoms with Crippen LogP contribution in [0.4, 0.5) is 5.69 Å². The van der Waals surface area contributed by atoms with E-state index < -0.39 is 0 Å². The maximum atomic E-state index is 12.4. The van der Waals surface area contributed by atoms with E-state index in [4.69, 9.17) is 0 Å². The Morgan fingerprint density at radius 3 is 2.54 bits per heavy atom. The van der Waals surface area contributed by atoms with Gasteiger partial charge in [0, 0.05) is 25.1 Å². The van der Waals surface area contributed by atoms with Crippen molar-refractivity contribution in [2.75, 3.05) is 18.4 Å². The van der Waals surface area contributed by atoms with Gasteiger partial charge in [0.25, 0.3) is 0 Å². The van der Waals surface area contributed by atoms with Crippen molar-refractivity contribution < 1.29 is 9.59 Å². The highest BCUT2D eigenvalue weighted by molar-refractivity contribution is 5.94.